The number of carbonyl (C=O) groups excluding carboxylic acids is 1. The highest BCUT2D eigenvalue weighted by Crippen LogP contribution is 2.31. The van der Waals surface area contributed by atoms with E-state index in [0.29, 0.717) is 6.73 Å². The lowest BCUT2D eigenvalue weighted by atomic mass is 9.90. The molecule has 1 aromatic rings. The molecule has 88 valence electrons. The third-order valence-electron chi connectivity index (χ3n) is 2.95. The molecule has 0 aliphatic heterocycles. The molecule has 0 aromatic carbocycles. The number of aryl methyl sites for hydroxylation is 1. The van der Waals surface area contributed by atoms with Crippen LogP contribution in [-0.2, 0) is 27.4 Å². The van der Waals surface area contributed by atoms with Gasteiger partial charge in [-0.2, -0.15) is 0 Å². The number of methoxy groups -OCH3 is 2. The fourth-order valence-electron chi connectivity index (χ4n) is 2.25. The van der Waals surface area contributed by atoms with Gasteiger partial charge in [0, 0.05) is 7.11 Å². The fourth-order valence-corrected chi connectivity index (χ4v) is 2.25. The van der Waals surface area contributed by atoms with Crippen molar-refractivity contribution >= 4 is 5.97 Å². The predicted octanol–water partition coefficient (Wildman–Crippen LogP) is 1.08. The maximum absolute atomic E-state index is 11.7. The lowest BCUT2D eigenvalue weighted by Crippen LogP contribution is -2.22. The van der Waals surface area contributed by atoms with Gasteiger partial charge in [0.2, 0.25) is 0 Å². The summed E-state index contributed by atoms with van der Waals surface area (Å²) in [5.41, 5.74) is 1.96. The second-order valence-corrected chi connectivity index (χ2v) is 3.93. The van der Waals surface area contributed by atoms with Crippen molar-refractivity contribution in [1.29, 1.82) is 0 Å². The fraction of sp³-hybridized carbons (Fsp3) is 0.636. The van der Waals surface area contributed by atoms with E-state index in [2.05, 4.69) is 4.98 Å². The van der Waals surface area contributed by atoms with Crippen LogP contribution in [0.3, 0.4) is 0 Å². The molecule has 1 atom stereocenters. The highest BCUT2D eigenvalue weighted by atomic mass is 16.5. The van der Waals surface area contributed by atoms with Gasteiger partial charge in [-0.25, -0.2) is 4.98 Å². The third kappa shape index (κ3) is 1.82. The molecule has 5 heteroatoms. The Morgan fingerprint density at radius 3 is 3.12 bits per heavy atom. The topological polar surface area (TPSA) is 53.4 Å². The van der Waals surface area contributed by atoms with Crippen molar-refractivity contribution in [2.75, 3.05) is 14.2 Å². The van der Waals surface area contributed by atoms with Gasteiger partial charge in [0.25, 0.3) is 0 Å². The van der Waals surface area contributed by atoms with Crippen molar-refractivity contribution < 1.29 is 14.3 Å². The predicted molar refractivity (Wildman–Crippen MR) is 56.9 cm³/mol. The summed E-state index contributed by atoms with van der Waals surface area (Å²) in [6.07, 6.45) is 4.47. The molecule has 0 fully saturated rings. The summed E-state index contributed by atoms with van der Waals surface area (Å²) in [7, 11) is 3.05. The molecule has 0 N–H and O–H groups in total. The van der Waals surface area contributed by atoms with Crippen LogP contribution >= 0.6 is 0 Å². The number of aromatic nitrogens is 2. The Morgan fingerprint density at radius 2 is 2.44 bits per heavy atom. The molecule has 0 radical (unpaired) electrons. The molecule has 0 saturated carbocycles. The van der Waals surface area contributed by atoms with Crippen LogP contribution in [0.2, 0.25) is 0 Å². The summed E-state index contributed by atoms with van der Waals surface area (Å²) in [6.45, 7) is 0.426. The zero-order valence-electron chi connectivity index (χ0n) is 9.60. The summed E-state index contributed by atoms with van der Waals surface area (Å²) in [4.78, 5) is 16.0. The Bertz CT molecular complexity index is 387. The number of fused-ring (bicyclic) bond motifs is 1. The van der Waals surface area contributed by atoms with Gasteiger partial charge in [-0.3, -0.25) is 4.79 Å². The van der Waals surface area contributed by atoms with Crippen molar-refractivity contribution in [1.82, 2.24) is 9.55 Å². The smallest absolute Gasteiger partial charge is 0.314 e. The Balaban J connectivity index is 2.34. The van der Waals surface area contributed by atoms with Gasteiger partial charge in [-0.05, 0) is 19.3 Å². The van der Waals surface area contributed by atoms with Crippen molar-refractivity contribution in [2.24, 2.45) is 0 Å². The molecule has 5 nitrogen and oxygen atoms in total. The van der Waals surface area contributed by atoms with Gasteiger partial charge in [-0.1, -0.05) is 0 Å². The molecule has 0 spiro atoms. The monoisotopic (exact) mass is 224 g/mol. The van der Waals surface area contributed by atoms with E-state index in [0.717, 1.165) is 30.7 Å². The number of esters is 1. The molecule has 0 amide bonds. The first-order valence-electron chi connectivity index (χ1n) is 5.38. The highest BCUT2D eigenvalue weighted by molar-refractivity contribution is 5.78. The zero-order valence-corrected chi connectivity index (χ0v) is 9.60. The largest absolute Gasteiger partial charge is 0.469 e. The second kappa shape index (κ2) is 4.65. The average molecular weight is 224 g/mol. The van der Waals surface area contributed by atoms with E-state index in [1.807, 2.05) is 4.57 Å². The summed E-state index contributed by atoms with van der Waals surface area (Å²) in [6, 6.07) is 0. The van der Waals surface area contributed by atoms with Crippen LogP contribution in [0.25, 0.3) is 0 Å². The number of rotatable bonds is 3. The van der Waals surface area contributed by atoms with Gasteiger partial charge in [0.1, 0.15) is 6.73 Å². The van der Waals surface area contributed by atoms with Crippen molar-refractivity contribution in [3.8, 4) is 0 Å². The third-order valence-corrected chi connectivity index (χ3v) is 2.95. The lowest BCUT2D eigenvalue weighted by molar-refractivity contribution is -0.143. The maximum Gasteiger partial charge on any atom is 0.314 e. The molecule has 1 aliphatic rings. The number of ether oxygens (including phenoxy) is 2. The summed E-state index contributed by atoms with van der Waals surface area (Å²) < 4.78 is 11.8. The first kappa shape index (κ1) is 11.1. The van der Waals surface area contributed by atoms with E-state index < -0.39 is 0 Å². The van der Waals surface area contributed by atoms with Crippen molar-refractivity contribution in [3.05, 3.63) is 17.7 Å². The number of nitrogens with zero attached hydrogens (tertiary/aromatic N) is 2. The zero-order chi connectivity index (χ0) is 11.5. The van der Waals surface area contributed by atoms with E-state index in [1.54, 1.807) is 13.4 Å². The molecule has 1 aromatic heterocycles. The first-order valence-corrected chi connectivity index (χ1v) is 5.38. The van der Waals surface area contributed by atoms with E-state index >= 15 is 0 Å². The van der Waals surface area contributed by atoms with E-state index in [9.17, 15) is 4.79 Å². The molecular formula is C11H16N2O3. The van der Waals surface area contributed by atoms with E-state index in [-0.39, 0.29) is 11.9 Å². The number of imidazole rings is 1. The van der Waals surface area contributed by atoms with Crippen LogP contribution in [0.15, 0.2) is 6.33 Å². The molecule has 1 unspecified atom stereocenters. The van der Waals surface area contributed by atoms with Crippen LogP contribution in [-0.4, -0.2) is 29.7 Å². The minimum Gasteiger partial charge on any atom is -0.469 e. The van der Waals surface area contributed by atoms with Gasteiger partial charge >= 0.3 is 5.97 Å². The van der Waals surface area contributed by atoms with Crippen molar-refractivity contribution in [3.63, 3.8) is 0 Å². The maximum atomic E-state index is 11.7. The molecule has 0 bridgehead atoms. The first-order chi connectivity index (χ1) is 7.77. The average Bonchev–Trinajstić information content (AvgIpc) is 2.72. The van der Waals surface area contributed by atoms with Crippen LogP contribution in [0.5, 0.6) is 0 Å². The van der Waals surface area contributed by atoms with Gasteiger partial charge in [-0.15, -0.1) is 0 Å². The Kier molecular flexibility index (Phi) is 3.24. The molecular weight excluding hydrogens is 208 g/mol. The number of hydrogen-bond donors (Lipinski definition) is 0. The van der Waals surface area contributed by atoms with Crippen LogP contribution < -0.4 is 0 Å². The van der Waals surface area contributed by atoms with Gasteiger partial charge < -0.3 is 14.0 Å². The van der Waals surface area contributed by atoms with Gasteiger partial charge in [0.05, 0.1) is 30.7 Å². The SMILES string of the molecule is COCn1cnc2c1C(C(=O)OC)CCC2. The summed E-state index contributed by atoms with van der Waals surface area (Å²) in [5, 5.41) is 0. The summed E-state index contributed by atoms with van der Waals surface area (Å²) in [5.74, 6) is -0.370. The molecule has 1 heterocycles. The minimum absolute atomic E-state index is 0.182. The minimum atomic E-state index is -0.189. The lowest BCUT2D eigenvalue weighted by Gasteiger charge is -2.21. The molecule has 0 saturated heterocycles. The van der Waals surface area contributed by atoms with E-state index in [4.69, 9.17) is 9.47 Å². The Labute approximate surface area is 94.4 Å². The Morgan fingerprint density at radius 1 is 1.62 bits per heavy atom. The second-order valence-electron chi connectivity index (χ2n) is 3.93. The van der Waals surface area contributed by atoms with E-state index in [1.165, 1.54) is 7.11 Å². The normalized spacial score (nSPS) is 19.2. The van der Waals surface area contributed by atoms with Crippen molar-refractivity contribution in [2.45, 2.75) is 31.9 Å². The van der Waals surface area contributed by atoms with Crippen LogP contribution in [0.1, 0.15) is 30.1 Å². The molecule has 16 heavy (non-hydrogen) atoms. The quantitative estimate of drug-likeness (QED) is 0.721. The number of carbonyl (C=O) groups is 1. The van der Waals surface area contributed by atoms with Crippen LogP contribution in [0, 0.1) is 0 Å². The van der Waals surface area contributed by atoms with Crippen LogP contribution in [0.4, 0.5) is 0 Å². The Hall–Kier alpha value is -1.36. The highest BCUT2D eigenvalue weighted by Gasteiger charge is 2.31. The standard InChI is InChI=1S/C11H16N2O3/c1-15-7-13-6-12-9-5-3-4-8(10(9)13)11(14)16-2/h6,8H,3-5,7H2,1-2H3. The van der Waals surface area contributed by atoms with Gasteiger partial charge in [0.15, 0.2) is 0 Å². The molecule has 1 aliphatic carbocycles. The summed E-state index contributed by atoms with van der Waals surface area (Å²) >= 11 is 0. The number of hydrogen-bond acceptors (Lipinski definition) is 4. The molecule has 2 rings (SSSR count).